The van der Waals surface area contributed by atoms with Crippen molar-refractivity contribution in [1.82, 2.24) is 20.1 Å². The fourth-order valence-corrected chi connectivity index (χ4v) is 6.25. The van der Waals surface area contributed by atoms with Crippen LogP contribution in [0.25, 0.3) is 11.0 Å². The number of fused-ring (bicyclic) bond motifs is 5. The molecule has 1 aromatic carbocycles. The Morgan fingerprint density at radius 2 is 2.10 bits per heavy atom. The van der Waals surface area contributed by atoms with E-state index >= 15 is 0 Å². The number of carbonyl (C=O) groups excluding carboxylic acids is 1. The Labute approximate surface area is 180 Å². The molecule has 7 heteroatoms. The molecule has 3 saturated heterocycles. The minimum absolute atomic E-state index is 0.111. The Morgan fingerprint density at radius 3 is 3.00 bits per heavy atom. The Bertz CT molecular complexity index is 1130. The van der Waals surface area contributed by atoms with E-state index in [9.17, 15) is 9.18 Å². The van der Waals surface area contributed by atoms with Gasteiger partial charge in [0, 0.05) is 37.8 Å². The van der Waals surface area contributed by atoms with Gasteiger partial charge in [0.2, 0.25) is 5.91 Å². The Kier molecular flexibility index (Phi) is 4.44. The second-order valence-electron chi connectivity index (χ2n) is 9.29. The first kappa shape index (κ1) is 18.8. The maximum Gasteiger partial charge on any atom is 0.223 e. The lowest BCUT2D eigenvalue weighted by Crippen LogP contribution is -2.65. The third-order valence-corrected chi connectivity index (χ3v) is 7.50. The number of halogens is 1. The van der Waals surface area contributed by atoms with Gasteiger partial charge in [0.15, 0.2) is 5.65 Å². The zero-order valence-corrected chi connectivity index (χ0v) is 17.4. The third-order valence-electron chi connectivity index (χ3n) is 7.50. The van der Waals surface area contributed by atoms with E-state index in [2.05, 4.69) is 31.0 Å². The van der Waals surface area contributed by atoms with Gasteiger partial charge in [0.1, 0.15) is 5.82 Å². The summed E-state index contributed by atoms with van der Waals surface area (Å²) in [5, 5.41) is 8.19. The van der Waals surface area contributed by atoms with E-state index in [4.69, 9.17) is 0 Å². The van der Waals surface area contributed by atoms with Crippen molar-refractivity contribution in [3.63, 3.8) is 0 Å². The van der Waals surface area contributed by atoms with Crippen LogP contribution in [0.1, 0.15) is 31.2 Å². The minimum Gasteiger partial charge on any atom is -0.370 e. The topological polar surface area (TPSA) is 65.1 Å². The second kappa shape index (κ2) is 7.32. The lowest BCUT2D eigenvalue weighted by Gasteiger charge is -2.57. The maximum absolute atomic E-state index is 13.9. The van der Waals surface area contributed by atoms with Gasteiger partial charge in [0.25, 0.3) is 0 Å². The van der Waals surface area contributed by atoms with E-state index < -0.39 is 0 Å². The molecule has 1 N–H and O–H groups in total. The third kappa shape index (κ3) is 3.18. The molecule has 6 nitrogen and oxygen atoms in total. The highest BCUT2D eigenvalue weighted by atomic mass is 19.1. The maximum atomic E-state index is 13.9. The van der Waals surface area contributed by atoms with Crippen molar-refractivity contribution < 1.29 is 9.18 Å². The number of nitrogens with one attached hydrogen (secondary N) is 1. The number of aromatic nitrogens is 3. The van der Waals surface area contributed by atoms with Crippen molar-refractivity contribution in [1.29, 1.82) is 0 Å². The number of hydrogen-bond acceptors (Lipinski definition) is 4. The largest absolute Gasteiger partial charge is 0.370 e. The number of benzene rings is 1. The number of hydrogen-bond donors (Lipinski definition) is 1. The summed E-state index contributed by atoms with van der Waals surface area (Å²) in [4.78, 5) is 22.1. The van der Waals surface area contributed by atoms with Crippen molar-refractivity contribution in [2.24, 2.45) is 11.8 Å². The first-order valence-electron chi connectivity index (χ1n) is 11.3. The standard InChI is InChI=1S/C24H26FN5O/c25-18-4-1-3-15(9-18)10-22-17-11-16(20-5-2-6-23(31)30(20)22)13-29(14-17)21-7-8-26-24-19(21)12-27-28-24/h1,3-4,7-9,12,16-17,20,22H,2,5-6,10-11,13-14H2,(H,26,27,28)/t16-,17+,20+,22+/m1/s1. The molecule has 5 heterocycles. The number of rotatable bonds is 3. The van der Waals surface area contributed by atoms with Crippen LogP contribution in [0.4, 0.5) is 10.1 Å². The molecule has 3 aliphatic heterocycles. The van der Waals surface area contributed by atoms with Gasteiger partial charge in [-0.2, -0.15) is 5.10 Å². The molecule has 2 bridgehead atoms. The number of anilines is 1. The molecule has 0 spiro atoms. The number of H-pyrrole nitrogens is 1. The predicted molar refractivity (Wildman–Crippen MR) is 116 cm³/mol. The average molecular weight is 420 g/mol. The van der Waals surface area contributed by atoms with E-state index in [1.54, 1.807) is 12.1 Å². The van der Waals surface area contributed by atoms with Gasteiger partial charge in [-0.3, -0.25) is 9.89 Å². The van der Waals surface area contributed by atoms with Crippen LogP contribution in [-0.4, -0.2) is 51.2 Å². The lowest BCUT2D eigenvalue weighted by atomic mass is 9.70. The monoisotopic (exact) mass is 419 g/mol. The SMILES string of the molecule is O=C1CCC[C@H]2[C@@H]3C[C@@H](CN(c4ccnc5[nH]ncc45)C3)[C@H](Cc3cccc(F)c3)N12. The fraction of sp³-hybridized carbons (Fsp3) is 0.458. The minimum atomic E-state index is -0.211. The molecule has 3 aromatic rings. The molecule has 0 saturated carbocycles. The number of pyridine rings is 1. The average Bonchev–Trinajstić information content (AvgIpc) is 3.26. The molecule has 4 atom stereocenters. The fourth-order valence-electron chi connectivity index (χ4n) is 6.25. The van der Waals surface area contributed by atoms with Gasteiger partial charge in [-0.1, -0.05) is 12.1 Å². The van der Waals surface area contributed by atoms with Gasteiger partial charge in [-0.25, -0.2) is 9.37 Å². The number of carbonyl (C=O) groups is 1. The normalized spacial score (nSPS) is 28.1. The van der Waals surface area contributed by atoms with Crippen LogP contribution in [0.2, 0.25) is 0 Å². The number of amides is 1. The van der Waals surface area contributed by atoms with Crippen LogP contribution in [0.3, 0.4) is 0 Å². The van der Waals surface area contributed by atoms with E-state index in [1.165, 1.54) is 6.07 Å². The van der Waals surface area contributed by atoms with Crippen LogP contribution in [0.5, 0.6) is 0 Å². The van der Waals surface area contributed by atoms with Crippen LogP contribution >= 0.6 is 0 Å². The molecule has 3 aliphatic rings. The summed E-state index contributed by atoms with van der Waals surface area (Å²) in [5.74, 6) is 0.886. The van der Waals surface area contributed by atoms with E-state index in [-0.39, 0.29) is 23.8 Å². The zero-order valence-electron chi connectivity index (χ0n) is 17.4. The van der Waals surface area contributed by atoms with Crippen molar-refractivity contribution in [2.45, 2.75) is 44.2 Å². The highest BCUT2D eigenvalue weighted by Gasteiger charge is 2.49. The molecular formula is C24H26FN5O. The van der Waals surface area contributed by atoms with Crippen molar-refractivity contribution >= 4 is 22.6 Å². The second-order valence-corrected chi connectivity index (χ2v) is 9.29. The van der Waals surface area contributed by atoms with Crippen LogP contribution in [0, 0.1) is 17.7 Å². The van der Waals surface area contributed by atoms with E-state index in [1.807, 2.05) is 18.5 Å². The molecule has 0 aliphatic carbocycles. The van der Waals surface area contributed by atoms with E-state index in [0.717, 1.165) is 54.6 Å². The highest BCUT2D eigenvalue weighted by molar-refractivity contribution is 5.88. The summed E-state index contributed by atoms with van der Waals surface area (Å²) in [5.41, 5.74) is 2.94. The Balaban J connectivity index is 1.37. The number of nitrogens with zero attached hydrogens (tertiary/aromatic N) is 4. The number of aromatic amines is 1. The van der Waals surface area contributed by atoms with Crippen LogP contribution in [0.15, 0.2) is 42.7 Å². The van der Waals surface area contributed by atoms with Gasteiger partial charge < -0.3 is 9.80 Å². The van der Waals surface area contributed by atoms with Crippen molar-refractivity contribution in [3.8, 4) is 0 Å². The van der Waals surface area contributed by atoms with Gasteiger partial charge in [-0.05, 0) is 61.3 Å². The highest BCUT2D eigenvalue weighted by Crippen LogP contribution is 2.44. The molecular weight excluding hydrogens is 393 g/mol. The lowest BCUT2D eigenvalue weighted by molar-refractivity contribution is -0.148. The quantitative estimate of drug-likeness (QED) is 0.705. The molecule has 3 fully saturated rings. The zero-order chi connectivity index (χ0) is 20.9. The molecule has 6 rings (SSSR count). The molecule has 1 amide bonds. The Hall–Kier alpha value is -2.96. The van der Waals surface area contributed by atoms with Crippen LogP contribution < -0.4 is 4.90 Å². The van der Waals surface area contributed by atoms with Crippen molar-refractivity contribution in [3.05, 3.63) is 54.1 Å². The molecule has 0 unspecified atom stereocenters. The summed E-state index contributed by atoms with van der Waals surface area (Å²) in [7, 11) is 0. The summed E-state index contributed by atoms with van der Waals surface area (Å²) in [6, 6.07) is 9.32. The summed E-state index contributed by atoms with van der Waals surface area (Å²) >= 11 is 0. The van der Waals surface area contributed by atoms with Gasteiger partial charge in [0.05, 0.1) is 17.3 Å². The molecule has 160 valence electrons. The first-order valence-corrected chi connectivity index (χ1v) is 11.3. The number of piperidine rings is 3. The van der Waals surface area contributed by atoms with Crippen molar-refractivity contribution in [2.75, 3.05) is 18.0 Å². The molecule has 31 heavy (non-hydrogen) atoms. The van der Waals surface area contributed by atoms with Gasteiger partial charge >= 0.3 is 0 Å². The van der Waals surface area contributed by atoms with E-state index in [0.29, 0.717) is 24.7 Å². The molecule has 0 radical (unpaired) electrons. The summed E-state index contributed by atoms with van der Waals surface area (Å²) in [6.07, 6.45) is 8.19. The van der Waals surface area contributed by atoms with Gasteiger partial charge in [-0.15, -0.1) is 0 Å². The Morgan fingerprint density at radius 1 is 1.19 bits per heavy atom. The summed E-state index contributed by atoms with van der Waals surface area (Å²) in [6.45, 7) is 1.83. The summed E-state index contributed by atoms with van der Waals surface area (Å²) < 4.78 is 13.9. The predicted octanol–water partition coefficient (Wildman–Crippen LogP) is 3.55. The molecule has 2 aromatic heterocycles. The first-order chi connectivity index (χ1) is 15.2. The smallest absolute Gasteiger partial charge is 0.223 e. The van der Waals surface area contributed by atoms with Crippen LogP contribution in [-0.2, 0) is 11.2 Å².